The van der Waals surface area contributed by atoms with Crippen molar-refractivity contribution in [3.63, 3.8) is 0 Å². The molecule has 2 rings (SSSR count). The third-order valence-electron chi connectivity index (χ3n) is 4.45. The molecule has 1 aliphatic rings. The average molecular weight is 339 g/mol. The van der Waals surface area contributed by atoms with Gasteiger partial charge in [-0.05, 0) is 56.5 Å². The number of hydrogen-bond donors (Lipinski definition) is 0. The van der Waals surface area contributed by atoms with Crippen LogP contribution in [0.15, 0.2) is 29.2 Å². The lowest BCUT2D eigenvalue weighted by Crippen LogP contribution is -2.44. The van der Waals surface area contributed by atoms with Crippen molar-refractivity contribution < 1.29 is 8.42 Å². The first-order chi connectivity index (χ1) is 10.6. The Bertz CT molecular complexity index is 607. The first kappa shape index (κ1) is 18.4. The van der Waals surface area contributed by atoms with Crippen LogP contribution in [0.25, 0.3) is 0 Å². The molecule has 4 nitrogen and oxygen atoms in total. The van der Waals surface area contributed by atoms with Gasteiger partial charge in [-0.15, -0.1) is 0 Å². The molecule has 0 bridgehead atoms. The Morgan fingerprint density at radius 1 is 1.09 bits per heavy atom. The largest absolute Gasteiger partial charge is 0.306 e. The lowest BCUT2D eigenvalue weighted by atomic mass is 9.88. The van der Waals surface area contributed by atoms with Crippen LogP contribution >= 0.6 is 0 Å². The molecule has 0 atom stereocenters. The summed E-state index contributed by atoms with van der Waals surface area (Å²) in [5.41, 5.74) is 1.39. The molecule has 0 unspecified atom stereocenters. The van der Waals surface area contributed by atoms with E-state index < -0.39 is 10.0 Å². The summed E-state index contributed by atoms with van der Waals surface area (Å²) < 4.78 is 27.2. The van der Waals surface area contributed by atoms with E-state index in [1.165, 1.54) is 5.56 Å². The van der Waals surface area contributed by atoms with E-state index in [0.717, 1.165) is 19.3 Å². The summed E-state index contributed by atoms with van der Waals surface area (Å²) >= 11 is 0. The summed E-state index contributed by atoms with van der Waals surface area (Å²) in [6.07, 6.45) is 2.74. The van der Waals surface area contributed by atoms with Gasteiger partial charge in [0.15, 0.2) is 0 Å². The van der Waals surface area contributed by atoms with Crippen molar-refractivity contribution in [1.82, 2.24) is 9.21 Å². The molecule has 1 aromatic rings. The molecule has 0 amide bonds. The second-order valence-corrected chi connectivity index (χ2v) is 9.92. The van der Waals surface area contributed by atoms with E-state index in [1.807, 2.05) is 12.1 Å². The molecule has 0 saturated carbocycles. The molecule has 0 aliphatic carbocycles. The Morgan fingerprint density at radius 2 is 1.61 bits per heavy atom. The minimum atomic E-state index is -3.36. The molecule has 0 aromatic heterocycles. The third kappa shape index (κ3) is 4.78. The second kappa shape index (κ2) is 6.91. The van der Waals surface area contributed by atoms with Gasteiger partial charge in [0, 0.05) is 19.1 Å². The number of benzene rings is 1. The molecule has 23 heavy (non-hydrogen) atoms. The van der Waals surface area contributed by atoms with E-state index in [9.17, 15) is 8.42 Å². The van der Waals surface area contributed by atoms with E-state index >= 15 is 0 Å². The van der Waals surface area contributed by atoms with Crippen molar-refractivity contribution in [3.05, 3.63) is 29.8 Å². The van der Waals surface area contributed by atoms with Crippen LogP contribution in [0.3, 0.4) is 0 Å². The molecule has 130 valence electrons. The van der Waals surface area contributed by atoms with Gasteiger partial charge in [0.25, 0.3) is 0 Å². The van der Waals surface area contributed by atoms with Gasteiger partial charge in [-0.3, -0.25) is 0 Å². The Morgan fingerprint density at radius 3 is 2.04 bits per heavy atom. The van der Waals surface area contributed by atoms with Gasteiger partial charge in [0.2, 0.25) is 10.0 Å². The zero-order chi connectivity index (χ0) is 17.3. The molecular weight excluding hydrogens is 308 g/mol. The summed E-state index contributed by atoms with van der Waals surface area (Å²) in [6, 6.07) is 7.90. The highest BCUT2D eigenvalue weighted by Crippen LogP contribution is 2.25. The van der Waals surface area contributed by atoms with Gasteiger partial charge < -0.3 is 4.90 Å². The van der Waals surface area contributed by atoms with Crippen molar-refractivity contribution in [2.45, 2.75) is 51.0 Å². The molecule has 0 spiro atoms. The summed E-state index contributed by atoms with van der Waals surface area (Å²) in [5.74, 6) is 0. The van der Waals surface area contributed by atoms with E-state index in [0.29, 0.717) is 24.0 Å². The van der Waals surface area contributed by atoms with Gasteiger partial charge >= 0.3 is 0 Å². The molecule has 1 fully saturated rings. The fourth-order valence-electron chi connectivity index (χ4n) is 3.14. The Balaban J connectivity index is 2.08. The molecule has 0 N–H and O–H groups in total. The topological polar surface area (TPSA) is 40.6 Å². The van der Waals surface area contributed by atoms with Crippen molar-refractivity contribution in [3.8, 4) is 0 Å². The van der Waals surface area contributed by atoms with E-state index in [2.05, 4.69) is 39.8 Å². The van der Waals surface area contributed by atoms with E-state index in [4.69, 9.17) is 0 Å². The van der Waals surface area contributed by atoms with Crippen LogP contribution < -0.4 is 0 Å². The zero-order valence-electron chi connectivity index (χ0n) is 15.0. The second-order valence-electron chi connectivity index (χ2n) is 7.98. The van der Waals surface area contributed by atoms with Crippen molar-refractivity contribution in [2.24, 2.45) is 5.41 Å². The fraction of sp³-hybridized carbons (Fsp3) is 0.667. The molecule has 1 aromatic carbocycles. The normalized spacial score (nSPS) is 18.5. The van der Waals surface area contributed by atoms with Crippen molar-refractivity contribution in [2.75, 3.05) is 27.2 Å². The predicted molar refractivity (Wildman–Crippen MR) is 95.1 cm³/mol. The number of rotatable bonds is 4. The molecule has 1 saturated heterocycles. The summed E-state index contributed by atoms with van der Waals surface area (Å²) in [5, 5.41) is 0. The minimum Gasteiger partial charge on any atom is -0.306 e. The summed E-state index contributed by atoms with van der Waals surface area (Å²) in [6.45, 7) is 7.77. The number of nitrogens with zero attached hydrogens (tertiary/aromatic N) is 2. The van der Waals surface area contributed by atoms with Crippen molar-refractivity contribution in [1.29, 1.82) is 0 Å². The van der Waals surface area contributed by atoms with Crippen LogP contribution in [0.2, 0.25) is 0 Å². The minimum absolute atomic E-state index is 0.203. The maximum absolute atomic E-state index is 12.8. The van der Waals surface area contributed by atoms with Gasteiger partial charge in [0.1, 0.15) is 0 Å². The van der Waals surface area contributed by atoms with Crippen LogP contribution in [0.5, 0.6) is 0 Å². The molecule has 5 heteroatoms. The highest BCUT2D eigenvalue weighted by atomic mass is 32.2. The maximum atomic E-state index is 12.8. The van der Waals surface area contributed by atoms with Crippen LogP contribution in [0.1, 0.15) is 39.2 Å². The third-order valence-corrected chi connectivity index (χ3v) is 6.36. The first-order valence-corrected chi connectivity index (χ1v) is 9.79. The van der Waals surface area contributed by atoms with Gasteiger partial charge in [-0.2, -0.15) is 4.31 Å². The van der Waals surface area contributed by atoms with Crippen LogP contribution in [0, 0.1) is 5.41 Å². The first-order valence-electron chi connectivity index (χ1n) is 8.35. The Hall–Kier alpha value is -0.910. The number of piperidine rings is 1. The lowest BCUT2D eigenvalue weighted by Gasteiger charge is -2.34. The monoisotopic (exact) mass is 338 g/mol. The summed E-state index contributed by atoms with van der Waals surface area (Å²) in [7, 11) is 0.760. The Kier molecular flexibility index (Phi) is 5.54. The van der Waals surface area contributed by atoms with E-state index in [1.54, 1.807) is 16.4 Å². The number of sulfonamides is 1. The average Bonchev–Trinajstić information content (AvgIpc) is 2.46. The predicted octanol–water partition coefficient (Wildman–Crippen LogP) is 2.99. The van der Waals surface area contributed by atoms with Gasteiger partial charge in [-0.1, -0.05) is 32.9 Å². The molecular formula is C18H30N2O2S. The quantitative estimate of drug-likeness (QED) is 0.847. The lowest BCUT2D eigenvalue weighted by molar-refractivity contribution is 0.196. The zero-order valence-corrected chi connectivity index (χ0v) is 15.9. The van der Waals surface area contributed by atoms with Gasteiger partial charge in [0.05, 0.1) is 4.90 Å². The fourth-order valence-corrected chi connectivity index (χ4v) is 4.61. The van der Waals surface area contributed by atoms with Crippen LogP contribution in [-0.2, 0) is 16.4 Å². The highest BCUT2D eigenvalue weighted by molar-refractivity contribution is 7.89. The van der Waals surface area contributed by atoms with Crippen molar-refractivity contribution >= 4 is 10.0 Å². The molecule has 0 radical (unpaired) electrons. The summed E-state index contributed by atoms with van der Waals surface area (Å²) in [4.78, 5) is 2.60. The Labute approximate surface area is 141 Å². The smallest absolute Gasteiger partial charge is 0.243 e. The van der Waals surface area contributed by atoms with Crippen LogP contribution in [-0.4, -0.2) is 50.8 Å². The van der Waals surface area contributed by atoms with E-state index in [-0.39, 0.29) is 5.41 Å². The van der Waals surface area contributed by atoms with Crippen LogP contribution in [0.4, 0.5) is 0 Å². The SMILES string of the molecule is CN(C)C1CCN(S(=O)(=O)c2ccc(CC(C)(C)C)cc2)CC1. The standard InChI is InChI=1S/C18H30N2O2S/c1-18(2,3)14-15-6-8-17(9-7-15)23(21,22)20-12-10-16(11-13-20)19(4)5/h6-9,16H,10-14H2,1-5H3. The molecule has 1 heterocycles. The highest BCUT2D eigenvalue weighted by Gasteiger charge is 2.30. The number of hydrogen-bond acceptors (Lipinski definition) is 3. The maximum Gasteiger partial charge on any atom is 0.243 e. The van der Waals surface area contributed by atoms with Gasteiger partial charge in [-0.25, -0.2) is 8.42 Å². The molecule has 1 aliphatic heterocycles.